The predicted octanol–water partition coefficient (Wildman–Crippen LogP) is 3.26. The molecule has 0 radical (unpaired) electrons. The predicted molar refractivity (Wildman–Crippen MR) is 86.8 cm³/mol. The van der Waals surface area contributed by atoms with E-state index in [0.29, 0.717) is 11.8 Å². The summed E-state index contributed by atoms with van der Waals surface area (Å²) in [4.78, 5) is 17.7. The van der Waals surface area contributed by atoms with Crippen molar-refractivity contribution in [3.63, 3.8) is 0 Å². The Bertz CT molecular complexity index is 704. The van der Waals surface area contributed by atoms with Crippen molar-refractivity contribution in [1.29, 1.82) is 0 Å². The van der Waals surface area contributed by atoms with Crippen LogP contribution < -0.4 is 0 Å². The fraction of sp³-hybridized carbons (Fsp3) is 0.529. The van der Waals surface area contributed by atoms with Crippen LogP contribution in [0.5, 0.6) is 0 Å². The molecule has 0 bridgehead atoms. The number of aryl methyl sites for hydroxylation is 2. The maximum absolute atomic E-state index is 12.9. The van der Waals surface area contributed by atoms with Crippen LogP contribution in [-0.4, -0.2) is 27.1 Å². The summed E-state index contributed by atoms with van der Waals surface area (Å²) in [5.41, 5.74) is 1.18. The van der Waals surface area contributed by atoms with Crippen LogP contribution in [0.3, 0.4) is 0 Å². The fourth-order valence-electron chi connectivity index (χ4n) is 3.64. The van der Waals surface area contributed by atoms with Crippen molar-refractivity contribution in [2.24, 2.45) is 13.0 Å². The minimum absolute atomic E-state index is 0.204. The monoisotopic (exact) mass is 315 g/mol. The molecule has 2 fully saturated rings. The summed E-state index contributed by atoms with van der Waals surface area (Å²) in [5.74, 6) is 1.01. The molecule has 5 heteroatoms. The topological polar surface area (TPSA) is 38.1 Å². The lowest BCUT2D eigenvalue weighted by atomic mass is 10.1. The lowest BCUT2D eigenvalue weighted by molar-refractivity contribution is -0.133. The number of aromatic nitrogens is 2. The van der Waals surface area contributed by atoms with Crippen LogP contribution in [0.2, 0.25) is 0 Å². The molecule has 2 aromatic rings. The van der Waals surface area contributed by atoms with E-state index in [-0.39, 0.29) is 12.0 Å². The van der Waals surface area contributed by atoms with Crippen molar-refractivity contribution in [2.75, 3.05) is 6.54 Å². The minimum Gasteiger partial charge on any atom is -0.335 e. The Morgan fingerprint density at radius 1 is 1.41 bits per heavy atom. The van der Waals surface area contributed by atoms with Gasteiger partial charge in [-0.2, -0.15) is 5.10 Å². The first-order chi connectivity index (χ1) is 10.6. The molecule has 2 aromatic heterocycles. The average molecular weight is 315 g/mol. The zero-order chi connectivity index (χ0) is 15.3. The first-order valence-electron chi connectivity index (χ1n) is 7.99. The van der Waals surface area contributed by atoms with Crippen LogP contribution in [0.4, 0.5) is 0 Å². The maximum Gasteiger partial charge on any atom is 0.226 e. The molecule has 1 aliphatic heterocycles. The molecule has 1 amide bonds. The zero-order valence-electron chi connectivity index (χ0n) is 13.0. The summed E-state index contributed by atoms with van der Waals surface area (Å²) in [7, 11) is 1.93. The summed E-state index contributed by atoms with van der Waals surface area (Å²) in [6.07, 6.45) is 7.13. The van der Waals surface area contributed by atoms with Gasteiger partial charge in [0, 0.05) is 46.9 Å². The van der Waals surface area contributed by atoms with Crippen molar-refractivity contribution >= 4 is 17.2 Å². The van der Waals surface area contributed by atoms with Crippen LogP contribution >= 0.6 is 11.3 Å². The lowest BCUT2D eigenvalue weighted by Gasteiger charge is -2.24. The number of carbonyl (C=O) groups excluding carboxylic acids is 1. The summed E-state index contributed by atoms with van der Waals surface area (Å²) < 4.78 is 1.82. The molecule has 1 aliphatic carbocycles. The van der Waals surface area contributed by atoms with Gasteiger partial charge in [-0.05, 0) is 38.3 Å². The Labute approximate surface area is 134 Å². The van der Waals surface area contributed by atoms with E-state index in [1.807, 2.05) is 35.5 Å². The van der Waals surface area contributed by atoms with Crippen LogP contribution in [0.25, 0.3) is 0 Å². The van der Waals surface area contributed by atoms with Gasteiger partial charge in [-0.1, -0.05) is 0 Å². The molecule has 0 spiro atoms. The highest BCUT2D eigenvalue weighted by Gasteiger charge is 2.48. The number of likely N-dealkylation sites (tertiary alicyclic amines) is 1. The summed E-state index contributed by atoms with van der Waals surface area (Å²) in [6.45, 7) is 3.03. The van der Waals surface area contributed by atoms with Crippen LogP contribution in [-0.2, 0) is 11.8 Å². The Kier molecular flexibility index (Phi) is 3.33. The Morgan fingerprint density at radius 3 is 2.95 bits per heavy atom. The van der Waals surface area contributed by atoms with Gasteiger partial charge < -0.3 is 4.90 Å². The molecule has 22 heavy (non-hydrogen) atoms. The molecule has 0 aromatic carbocycles. The van der Waals surface area contributed by atoms with Gasteiger partial charge in [0.25, 0.3) is 0 Å². The van der Waals surface area contributed by atoms with Crippen molar-refractivity contribution in [3.05, 3.63) is 39.8 Å². The molecular formula is C17H21N3OS. The van der Waals surface area contributed by atoms with Gasteiger partial charge in [0.2, 0.25) is 5.91 Å². The van der Waals surface area contributed by atoms with E-state index in [4.69, 9.17) is 0 Å². The number of rotatable bonds is 3. The second kappa shape index (κ2) is 5.23. The van der Waals surface area contributed by atoms with Gasteiger partial charge in [-0.25, -0.2) is 0 Å². The smallest absolute Gasteiger partial charge is 0.226 e. The average Bonchev–Trinajstić information content (AvgIpc) is 2.85. The number of hydrogen-bond donors (Lipinski definition) is 0. The molecule has 1 saturated heterocycles. The van der Waals surface area contributed by atoms with Crippen molar-refractivity contribution in [1.82, 2.24) is 14.7 Å². The van der Waals surface area contributed by atoms with Crippen molar-refractivity contribution in [2.45, 2.75) is 38.1 Å². The molecule has 3 heterocycles. The van der Waals surface area contributed by atoms with E-state index in [9.17, 15) is 4.79 Å². The highest BCUT2D eigenvalue weighted by Crippen LogP contribution is 2.51. The van der Waals surface area contributed by atoms with Crippen LogP contribution in [0, 0.1) is 12.8 Å². The van der Waals surface area contributed by atoms with E-state index in [2.05, 4.69) is 29.1 Å². The molecule has 3 atom stereocenters. The van der Waals surface area contributed by atoms with Crippen molar-refractivity contribution < 1.29 is 4.79 Å². The van der Waals surface area contributed by atoms with Crippen molar-refractivity contribution in [3.8, 4) is 0 Å². The quantitative estimate of drug-likeness (QED) is 0.872. The molecule has 4 nitrogen and oxygen atoms in total. The normalized spacial score (nSPS) is 27.4. The number of thiophene rings is 1. The standard InChI is InChI=1S/C17H21N3OS/c1-11-5-6-16(22-11)13-8-14(13)17(21)20-7-3-4-15(20)12-9-18-19(2)10-12/h5-6,9-10,13-15H,3-4,7-8H2,1-2H3/t13-,14+,15-/m1/s1. The van der Waals surface area contributed by atoms with Gasteiger partial charge in [0.05, 0.1) is 12.2 Å². The van der Waals surface area contributed by atoms with E-state index < -0.39 is 0 Å². The Morgan fingerprint density at radius 2 is 2.27 bits per heavy atom. The number of amides is 1. The third kappa shape index (κ3) is 2.37. The Hall–Kier alpha value is -1.62. The number of nitrogens with zero attached hydrogens (tertiary/aromatic N) is 3. The molecular weight excluding hydrogens is 294 g/mol. The Balaban J connectivity index is 1.48. The molecule has 4 rings (SSSR count). The lowest BCUT2D eigenvalue weighted by Crippen LogP contribution is -2.32. The van der Waals surface area contributed by atoms with Crippen LogP contribution in [0.1, 0.15) is 46.5 Å². The number of carbonyl (C=O) groups is 1. The first-order valence-corrected chi connectivity index (χ1v) is 8.80. The van der Waals surface area contributed by atoms with E-state index in [1.165, 1.54) is 15.3 Å². The molecule has 2 aliphatic rings. The highest BCUT2D eigenvalue weighted by atomic mass is 32.1. The van der Waals surface area contributed by atoms with Gasteiger partial charge in [-0.3, -0.25) is 9.48 Å². The third-order valence-corrected chi connectivity index (χ3v) is 6.01. The molecule has 0 unspecified atom stereocenters. The van der Waals surface area contributed by atoms with E-state index in [1.54, 1.807) is 0 Å². The van der Waals surface area contributed by atoms with Gasteiger partial charge in [-0.15, -0.1) is 11.3 Å². The zero-order valence-corrected chi connectivity index (χ0v) is 13.8. The third-order valence-electron chi connectivity index (χ3n) is 4.88. The minimum atomic E-state index is 0.204. The van der Waals surface area contributed by atoms with Gasteiger partial charge in [0.15, 0.2) is 0 Å². The van der Waals surface area contributed by atoms with E-state index in [0.717, 1.165) is 25.8 Å². The molecule has 116 valence electrons. The second-order valence-corrected chi connectivity index (χ2v) is 7.85. The SMILES string of the molecule is Cc1ccc([C@@H]2C[C@@H]2C(=O)N2CCC[C@@H]2c2cnn(C)c2)s1. The first kappa shape index (κ1) is 14.0. The summed E-state index contributed by atoms with van der Waals surface area (Å²) >= 11 is 1.84. The summed E-state index contributed by atoms with van der Waals surface area (Å²) in [5, 5.41) is 4.26. The molecule has 0 N–H and O–H groups in total. The van der Waals surface area contributed by atoms with Crippen LogP contribution in [0.15, 0.2) is 24.5 Å². The maximum atomic E-state index is 12.9. The van der Waals surface area contributed by atoms with E-state index >= 15 is 0 Å². The second-order valence-electron chi connectivity index (χ2n) is 6.53. The largest absolute Gasteiger partial charge is 0.335 e. The van der Waals surface area contributed by atoms with Gasteiger partial charge in [0.1, 0.15) is 0 Å². The molecule has 1 saturated carbocycles. The highest BCUT2D eigenvalue weighted by molar-refractivity contribution is 7.12. The number of hydrogen-bond acceptors (Lipinski definition) is 3. The fourth-order valence-corrected chi connectivity index (χ4v) is 4.69. The summed E-state index contributed by atoms with van der Waals surface area (Å²) in [6, 6.07) is 4.59. The van der Waals surface area contributed by atoms with Gasteiger partial charge >= 0.3 is 0 Å².